The van der Waals surface area contributed by atoms with Gasteiger partial charge in [0.1, 0.15) is 0 Å². The molecule has 5 nitrogen and oxygen atoms in total. The van der Waals surface area contributed by atoms with E-state index in [1.807, 2.05) is 0 Å². The van der Waals surface area contributed by atoms with E-state index in [1.54, 1.807) is 0 Å². The van der Waals surface area contributed by atoms with Crippen LogP contribution in [0.3, 0.4) is 0 Å². The Labute approximate surface area is 61.4 Å². The van der Waals surface area contributed by atoms with Crippen LogP contribution >= 0.6 is 0 Å². The molecule has 0 amide bonds. The Kier molecular flexibility index (Phi) is 3.87. The monoisotopic (exact) mass is 200 g/mol. The Morgan fingerprint density at radius 1 is 1.44 bits per heavy atom. The van der Waals surface area contributed by atoms with Crippen LogP contribution in [0, 0.1) is 0 Å². The first-order chi connectivity index (χ1) is 4.43. The second kappa shape index (κ2) is 4.48. The maximum absolute atomic E-state index is 8.40. The third-order valence-corrected chi connectivity index (χ3v) is 7.07. The molecular formula is H8O5Si4. The topological polar surface area (TPSA) is 57.2 Å². The predicted octanol–water partition coefficient (Wildman–Crippen LogP) is -4.23. The molecule has 1 rings (SSSR count). The van der Waals surface area contributed by atoms with Crippen molar-refractivity contribution in [3.8, 4) is 0 Å². The lowest BCUT2D eigenvalue weighted by Crippen LogP contribution is -2.38. The van der Waals surface area contributed by atoms with Gasteiger partial charge in [0, 0.05) is 0 Å². The zero-order valence-corrected chi connectivity index (χ0v) is 10.2. The highest BCUT2D eigenvalue weighted by atomic mass is 28.5. The van der Waals surface area contributed by atoms with Gasteiger partial charge in [-0.25, -0.2) is 0 Å². The van der Waals surface area contributed by atoms with E-state index in [0.717, 1.165) is 0 Å². The van der Waals surface area contributed by atoms with Crippen molar-refractivity contribution in [3.05, 3.63) is 0 Å². The Bertz CT molecular complexity index is 66.6. The van der Waals surface area contributed by atoms with Gasteiger partial charge >= 0.3 is 9.53 Å². The SMILES string of the molecule is O[SiH2]O[SiH]1O[SiH2]O[SiH2]O1. The second-order valence-corrected chi connectivity index (χ2v) is 8.30. The smallest absolute Gasteiger partial charge is 0.425 e. The molecule has 1 aliphatic rings. The number of rotatable bonds is 2. The summed E-state index contributed by atoms with van der Waals surface area (Å²) in [6, 6.07) is 0. The van der Waals surface area contributed by atoms with Gasteiger partial charge in [-0.1, -0.05) is 0 Å². The molecule has 0 saturated carbocycles. The lowest BCUT2D eigenvalue weighted by Gasteiger charge is -2.20. The van der Waals surface area contributed by atoms with Crippen molar-refractivity contribution in [2.45, 2.75) is 0 Å². The van der Waals surface area contributed by atoms with E-state index in [4.69, 9.17) is 21.3 Å². The van der Waals surface area contributed by atoms with Crippen LogP contribution < -0.4 is 0 Å². The molecule has 0 spiro atoms. The van der Waals surface area contributed by atoms with Crippen molar-refractivity contribution in [2.75, 3.05) is 0 Å². The van der Waals surface area contributed by atoms with Crippen molar-refractivity contribution in [3.63, 3.8) is 0 Å². The van der Waals surface area contributed by atoms with Crippen LogP contribution in [0.15, 0.2) is 0 Å². The molecule has 1 saturated heterocycles. The molecule has 1 heterocycles. The third-order valence-electron chi connectivity index (χ3n) is 0.786. The molecule has 0 bridgehead atoms. The van der Waals surface area contributed by atoms with Crippen molar-refractivity contribution in [1.82, 2.24) is 0 Å². The van der Waals surface area contributed by atoms with E-state index in [9.17, 15) is 0 Å². The van der Waals surface area contributed by atoms with Gasteiger partial charge in [0.2, 0.25) is 0 Å². The highest BCUT2D eigenvalue weighted by Crippen LogP contribution is 1.93. The van der Waals surface area contributed by atoms with E-state index in [1.165, 1.54) is 0 Å². The van der Waals surface area contributed by atoms with Crippen LogP contribution in [0.2, 0.25) is 0 Å². The summed E-state index contributed by atoms with van der Waals surface area (Å²) in [5.74, 6) is 0. The van der Waals surface area contributed by atoms with Gasteiger partial charge in [-0.3, -0.25) is 0 Å². The Hall–Kier alpha value is 0.668. The Morgan fingerprint density at radius 3 is 2.67 bits per heavy atom. The molecule has 9 heteroatoms. The number of hydrogen-bond acceptors (Lipinski definition) is 5. The fourth-order valence-corrected chi connectivity index (χ4v) is 8.35. The maximum atomic E-state index is 8.40. The van der Waals surface area contributed by atoms with Crippen LogP contribution in [-0.2, 0) is 16.5 Å². The van der Waals surface area contributed by atoms with Gasteiger partial charge in [0.15, 0.2) is 0 Å². The maximum Gasteiger partial charge on any atom is 0.456 e. The zero-order valence-electron chi connectivity index (χ0n) is 4.78. The first kappa shape index (κ1) is 7.77. The molecular weight excluding hydrogens is 192 g/mol. The van der Waals surface area contributed by atoms with Crippen LogP contribution in [0.5, 0.6) is 0 Å². The molecule has 1 aliphatic heterocycles. The molecule has 0 radical (unpaired) electrons. The third kappa shape index (κ3) is 2.83. The largest absolute Gasteiger partial charge is 0.456 e. The summed E-state index contributed by atoms with van der Waals surface area (Å²) in [6.07, 6.45) is 0. The van der Waals surface area contributed by atoms with Crippen LogP contribution in [0.1, 0.15) is 0 Å². The van der Waals surface area contributed by atoms with Gasteiger partial charge in [0.25, 0.3) is 30.0 Å². The predicted molar refractivity (Wildman–Crippen MR) is 39.3 cm³/mol. The van der Waals surface area contributed by atoms with Gasteiger partial charge in [-0.05, 0) is 0 Å². The van der Waals surface area contributed by atoms with E-state index in [-0.39, 0.29) is 0 Å². The van der Waals surface area contributed by atoms with Crippen LogP contribution in [0.4, 0.5) is 0 Å². The van der Waals surface area contributed by atoms with E-state index in [2.05, 4.69) is 0 Å². The molecule has 0 aromatic heterocycles. The molecule has 0 unspecified atom stereocenters. The summed E-state index contributed by atoms with van der Waals surface area (Å²) in [4.78, 5) is 8.40. The molecule has 0 aliphatic carbocycles. The van der Waals surface area contributed by atoms with Crippen LogP contribution in [0.25, 0.3) is 0 Å². The minimum atomic E-state index is -1.82. The molecule has 1 N–H and O–H groups in total. The quantitative estimate of drug-likeness (QED) is 0.458. The van der Waals surface area contributed by atoms with Crippen molar-refractivity contribution < 1.29 is 21.3 Å². The summed E-state index contributed by atoms with van der Waals surface area (Å²) in [5.41, 5.74) is 0. The first-order valence-electron chi connectivity index (χ1n) is 2.47. The van der Waals surface area contributed by atoms with Gasteiger partial charge in [0.05, 0.1) is 0 Å². The summed E-state index contributed by atoms with van der Waals surface area (Å²) >= 11 is 0. The summed E-state index contributed by atoms with van der Waals surface area (Å²) in [6.45, 7) is 0. The number of hydrogen-bond donors (Lipinski definition) is 1. The zero-order chi connectivity index (χ0) is 6.53. The van der Waals surface area contributed by atoms with Gasteiger partial charge in [-0.2, -0.15) is 0 Å². The Morgan fingerprint density at radius 2 is 2.11 bits per heavy atom. The molecule has 0 aromatic carbocycles. The standard InChI is InChI=1S/H8O5Si4/c1-6-3-9-4-7-2-8-5-9/h1,9H,6-8H2. The van der Waals surface area contributed by atoms with E-state index >= 15 is 0 Å². The molecule has 1 fully saturated rings. The van der Waals surface area contributed by atoms with Gasteiger partial charge < -0.3 is 21.3 Å². The van der Waals surface area contributed by atoms with Crippen molar-refractivity contribution >= 4 is 39.5 Å². The van der Waals surface area contributed by atoms with Crippen molar-refractivity contribution in [2.24, 2.45) is 0 Å². The average Bonchev–Trinajstić information content (AvgIpc) is 1.91. The molecule has 0 aromatic rings. The highest BCUT2D eigenvalue weighted by Gasteiger charge is 2.18. The fourth-order valence-electron chi connectivity index (χ4n) is 0.447. The minimum Gasteiger partial charge on any atom is -0.425 e. The minimum absolute atomic E-state index is 0.775. The molecule has 9 heavy (non-hydrogen) atoms. The van der Waals surface area contributed by atoms with Crippen molar-refractivity contribution in [1.29, 1.82) is 0 Å². The molecule has 0 atom stereocenters. The summed E-state index contributed by atoms with van der Waals surface area (Å²) in [7, 11) is -4.70. The highest BCUT2D eigenvalue weighted by molar-refractivity contribution is 6.60. The lowest BCUT2D eigenvalue weighted by molar-refractivity contribution is 0.242. The summed E-state index contributed by atoms with van der Waals surface area (Å²) in [5, 5.41) is 0. The van der Waals surface area contributed by atoms with Gasteiger partial charge in [-0.15, -0.1) is 0 Å². The van der Waals surface area contributed by atoms with Crippen LogP contribution in [-0.4, -0.2) is 44.3 Å². The first-order valence-corrected chi connectivity index (χ1v) is 7.40. The fraction of sp³-hybridized carbons (Fsp3) is 0. The van der Waals surface area contributed by atoms with E-state index < -0.39 is 39.5 Å². The Balaban J connectivity index is 2.08. The second-order valence-electron chi connectivity index (χ2n) is 1.36. The average molecular weight is 200 g/mol. The molecule has 54 valence electrons. The summed E-state index contributed by atoms with van der Waals surface area (Å²) < 4.78 is 19.9. The normalized spacial score (nSPS) is 35.0. The lowest BCUT2D eigenvalue weighted by atomic mass is 15.6. The van der Waals surface area contributed by atoms with E-state index in [0.29, 0.717) is 0 Å².